The number of nitrogens with one attached hydrogen (secondary N) is 1. The first-order valence-corrected chi connectivity index (χ1v) is 7.23. The molecule has 2 rings (SSSR count). The third-order valence-electron chi connectivity index (χ3n) is 3.23. The molecule has 0 spiro atoms. The van der Waals surface area contributed by atoms with Crippen LogP contribution in [-0.4, -0.2) is 23.7 Å². The van der Waals surface area contributed by atoms with Crippen LogP contribution in [0.25, 0.3) is 0 Å². The van der Waals surface area contributed by atoms with Crippen LogP contribution in [0.15, 0.2) is 47.6 Å². The number of hydrogen-bond donors (Lipinski definition) is 1. The van der Waals surface area contributed by atoms with E-state index in [4.69, 9.17) is 16.3 Å². The van der Waals surface area contributed by atoms with Crippen molar-refractivity contribution in [2.45, 2.75) is 6.92 Å². The fraction of sp³-hybridized carbons (Fsp3) is 0.125. The molecule has 1 amide bonds. The number of nitro benzene ring substituents is 1. The van der Waals surface area contributed by atoms with Gasteiger partial charge in [0.05, 0.1) is 23.3 Å². The molecule has 0 saturated heterocycles. The Balaban J connectivity index is 2.16. The lowest BCUT2D eigenvalue weighted by Crippen LogP contribution is -2.20. The predicted octanol–water partition coefficient (Wildman–Crippen LogP) is 3.41. The summed E-state index contributed by atoms with van der Waals surface area (Å²) in [5.74, 6) is -0.101. The number of nitro groups is 1. The summed E-state index contributed by atoms with van der Waals surface area (Å²) in [4.78, 5) is 22.4. The molecule has 8 heteroatoms. The van der Waals surface area contributed by atoms with E-state index in [1.54, 1.807) is 31.2 Å². The van der Waals surface area contributed by atoms with Crippen LogP contribution >= 0.6 is 11.6 Å². The zero-order valence-corrected chi connectivity index (χ0v) is 13.7. The van der Waals surface area contributed by atoms with Gasteiger partial charge in [0.1, 0.15) is 5.75 Å². The smallest absolute Gasteiger partial charge is 0.275 e. The zero-order chi connectivity index (χ0) is 17.7. The van der Waals surface area contributed by atoms with Crippen molar-refractivity contribution in [1.29, 1.82) is 0 Å². The van der Waals surface area contributed by atoms with Gasteiger partial charge in [-0.25, -0.2) is 5.43 Å². The molecule has 0 atom stereocenters. The van der Waals surface area contributed by atoms with Gasteiger partial charge in [0.15, 0.2) is 0 Å². The molecular weight excluding hydrogens is 334 g/mol. The van der Waals surface area contributed by atoms with Crippen molar-refractivity contribution in [1.82, 2.24) is 5.43 Å². The van der Waals surface area contributed by atoms with Gasteiger partial charge in [-0.05, 0) is 42.8 Å². The molecule has 0 saturated carbocycles. The number of ether oxygens (including phenoxy) is 1. The first kappa shape index (κ1) is 17.4. The summed E-state index contributed by atoms with van der Waals surface area (Å²) in [6.45, 7) is 1.68. The van der Waals surface area contributed by atoms with Gasteiger partial charge < -0.3 is 4.74 Å². The number of benzene rings is 2. The topological polar surface area (TPSA) is 93.8 Å². The van der Waals surface area contributed by atoms with Gasteiger partial charge in [-0.2, -0.15) is 5.10 Å². The third kappa shape index (κ3) is 4.08. The fourth-order valence-electron chi connectivity index (χ4n) is 1.94. The van der Waals surface area contributed by atoms with Crippen LogP contribution in [0.5, 0.6) is 5.75 Å². The minimum atomic E-state index is -0.483. The Kier molecular flexibility index (Phi) is 5.49. The molecule has 24 heavy (non-hydrogen) atoms. The number of amides is 1. The Morgan fingerprint density at radius 1 is 1.25 bits per heavy atom. The normalized spacial score (nSPS) is 11.0. The number of hydrogen-bond acceptors (Lipinski definition) is 5. The summed E-state index contributed by atoms with van der Waals surface area (Å²) >= 11 is 5.89. The Morgan fingerprint density at radius 2 is 1.92 bits per heavy atom. The highest BCUT2D eigenvalue weighted by Crippen LogP contribution is 2.22. The molecular formula is C16H14ClN3O4. The van der Waals surface area contributed by atoms with Crippen molar-refractivity contribution in [2.75, 3.05) is 7.11 Å². The van der Waals surface area contributed by atoms with Gasteiger partial charge in [-0.3, -0.25) is 14.9 Å². The molecule has 124 valence electrons. The van der Waals surface area contributed by atoms with E-state index in [2.05, 4.69) is 10.5 Å². The second-order valence-electron chi connectivity index (χ2n) is 4.79. The van der Waals surface area contributed by atoms with Crippen LogP contribution in [0.3, 0.4) is 0 Å². The zero-order valence-electron chi connectivity index (χ0n) is 12.9. The molecule has 0 aromatic heterocycles. The predicted molar refractivity (Wildman–Crippen MR) is 90.8 cm³/mol. The highest BCUT2D eigenvalue weighted by molar-refractivity contribution is 6.31. The largest absolute Gasteiger partial charge is 0.496 e. The molecule has 2 aromatic rings. The molecule has 1 N–H and O–H groups in total. The summed E-state index contributed by atoms with van der Waals surface area (Å²) in [6, 6.07) is 10.5. The SMILES string of the molecule is COc1ccc(Cl)cc1C(=O)NN=C(C)c1ccc([N+](=O)[O-])cc1. The van der Waals surface area contributed by atoms with Gasteiger partial charge in [-0.15, -0.1) is 0 Å². The van der Waals surface area contributed by atoms with Crippen molar-refractivity contribution in [3.63, 3.8) is 0 Å². The van der Waals surface area contributed by atoms with Crippen LogP contribution < -0.4 is 10.2 Å². The first-order chi connectivity index (χ1) is 11.4. The molecule has 0 radical (unpaired) electrons. The Morgan fingerprint density at radius 3 is 2.50 bits per heavy atom. The standard InChI is InChI=1S/C16H14ClN3O4/c1-10(11-3-6-13(7-4-11)20(22)23)18-19-16(21)14-9-12(17)5-8-15(14)24-2/h3-9H,1-2H3,(H,19,21). The summed E-state index contributed by atoms with van der Waals surface area (Å²) in [6.07, 6.45) is 0. The Bertz CT molecular complexity index is 803. The second-order valence-corrected chi connectivity index (χ2v) is 5.22. The van der Waals surface area contributed by atoms with Crippen LogP contribution in [0, 0.1) is 10.1 Å². The maximum atomic E-state index is 12.2. The van der Waals surface area contributed by atoms with E-state index in [1.165, 1.54) is 25.3 Å². The number of methoxy groups -OCH3 is 1. The average Bonchev–Trinajstić information content (AvgIpc) is 2.59. The van der Waals surface area contributed by atoms with Gasteiger partial charge >= 0.3 is 0 Å². The lowest BCUT2D eigenvalue weighted by atomic mass is 10.1. The minimum absolute atomic E-state index is 0.0146. The molecule has 0 bridgehead atoms. The minimum Gasteiger partial charge on any atom is -0.496 e. The monoisotopic (exact) mass is 347 g/mol. The number of nitrogens with zero attached hydrogens (tertiary/aromatic N) is 2. The van der Waals surface area contributed by atoms with Gasteiger partial charge in [0.2, 0.25) is 0 Å². The van der Waals surface area contributed by atoms with E-state index in [-0.39, 0.29) is 11.3 Å². The summed E-state index contributed by atoms with van der Waals surface area (Å²) in [5.41, 5.74) is 3.80. The highest BCUT2D eigenvalue weighted by Gasteiger charge is 2.13. The molecule has 0 aliphatic heterocycles. The number of rotatable bonds is 5. The number of carbonyl (C=O) groups excluding carboxylic acids is 1. The molecule has 0 aliphatic rings. The average molecular weight is 348 g/mol. The van der Waals surface area contributed by atoms with Crippen LogP contribution in [-0.2, 0) is 0 Å². The molecule has 0 heterocycles. The van der Waals surface area contributed by atoms with Crippen molar-refractivity contribution < 1.29 is 14.5 Å². The van der Waals surface area contributed by atoms with E-state index >= 15 is 0 Å². The number of non-ortho nitro benzene ring substituents is 1. The van der Waals surface area contributed by atoms with Crippen LogP contribution in [0.4, 0.5) is 5.69 Å². The van der Waals surface area contributed by atoms with Crippen LogP contribution in [0.2, 0.25) is 5.02 Å². The summed E-state index contributed by atoms with van der Waals surface area (Å²) in [7, 11) is 1.45. The quantitative estimate of drug-likeness (QED) is 0.509. The number of hydrazone groups is 1. The maximum Gasteiger partial charge on any atom is 0.275 e. The van der Waals surface area contributed by atoms with Crippen molar-refractivity contribution in [2.24, 2.45) is 5.10 Å². The first-order valence-electron chi connectivity index (χ1n) is 6.85. The molecule has 0 fully saturated rings. The van der Waals surface area contributed by atoms with E-state index in [0.717, 1.165) is 0 Å². The molecule has 0 aliphatic carbocycles. The van der Waals surface area contributed by atoms with E-state index < -0.39 is 10.8 Å². The third-order valence-corrected chi connectivity index (χ3v) is 3.46. The van der Waals surface area contributed by atoms with E-state index in [9.17, 15) is 14.9 Å². The van der Waals surface area contributed by atoms with E-state index in [1.807, 2.05) is 0 Å². The highest BCUT2D eigenvalue weighted by atomic mass is 35.5. The number of halogens is 1. The Hall–Kier alpha value is -2.93. The fourth-order valence-corrected chi connectivity index (χ4v) is 2.11. The van der Waals surface area contributed by atoms with Crippen LogP contribution in [0.1, 0.15) is 22.8 Å². The van der Waals surface area contributed by atoms with Crippen molar-refractivity contribution in [3.05, 3.63) is 68.7 Å². The van der Waals surface area contributed by atoms with Crippen molar-refractivity contribution in [3.8, 4) is 5.75 Å². The molecule has 7 nitrogen and oxygen atoms in total. The molecule has 0 unspecified atom stereocenters. The van der Waals surface area contributed by atoms with Crippen molar-refractivity contribution >= 4 is 28.9 Å². The Labute approximate surface area is 143 Å². The number of carbonyl (C=O) groups is 1. The van der Waals surface area contributed by atoms with Gasteiger partial charge in [0, 0.05) is 17.2 Å². The van der Waals surface area contributed by atoms with E-state index in [0.29, 0.717) is 22.0 Å². The van der Waals surface area contributed by atoms with Gasteiger partial charge in [0.25, 0.3) is 11.6 Å². The lowest BCUT2D eigenvalue weighted by molar-refractivity contribution is -0.384. The van der Waals surface area contributed by atoms with Gasteiger partial charge in [-0.1, -0.05) is 11.6 Å². The molecule has 2 aromatic carbocycles. The second kappa shape index (κ2) is 7.56. The summed E-state index contributed by atoms with van der Waals surface area (Å²) in [5, 5.41) is 15.0. The summed E-state index contributed by atoms with van der Waals surface area (Å²) < 4.78 is 5.12. The maximum absolute atomic E-state index is 12.2. The lowest BCUT2D eigenvalue weighted by Gasteiger charge is -2.08.